The van der Waals surface area contributed by atoms with Gasteiger partial charge >= 0.3 is 0 Å². The Kier molecular flexibility index (Phi) is 4.66. The van der Waals surface area contributed by atoms with E-state index < -0.39 is 0 Å². The molecule has 8 heteroatoms. The fourth-order valence-corrected chi connectivity index (χ4v) is 3.03. The molecule has 0 saturated heterocycles. The molecule has 1 aromatic carbocycles. The summed E-state index contributed by atoms with van der Waals surface area (Å²) in [6.45, 7) is 0. The van der Waals surface area contributed by atoms with Crippen molar-refractivity contribution in [3.8, 4) is 11.3 Å². The molecular formula is C16H19N7S. The number of nitrogen functional groups attached to an aromatic ring is 1. The Morgan fingerprint density at radius 2 is 1.88 bits per heavy atom. The van der Waals surface area contributed by atoms with E-state index in [9.17, 15) is 0 Å². The maximum Gasteiger partial charge on any atom is 0.229 e. The van der Waals surface area contributed by atoms with Gasteiger partial charge in [-0.05, 0) is 5.56 Å². The second kappa shape index (κ2) is 6.88. The Balaban J connectivity index is 1.78. The number of nitrogens with zero attached hydrogens (tertiary/aromatic N) is 6. The van der Waals surface area contributed by atoms with E-state index in [1.165, 1.54) is 0 Å². The molecule has 0 atom stereocenters. The topological polar surface area (TPSA) is 85.8 Å². The summed E-state index contributed by atoms with van der Waals surface area (Å²) >= 11 is 1.57. The molecule has 2 aromatic heterocycles. The lowest BCUT2D eigenvalue weighted by Gasteiger charge is -2.11. The van der Waals surface area contributed by atoms with Gasteiger partial charge in [-0.25, -0.2) is 4.98 Å². The summed E-state index contributed by atoms with van der Waals surface area (Å²) in [6.07, 6.45) is 1.88. The Morgan fingerprint density at radius 3 is 2.58 bits per heavy atom. The Morgan fingerprint density at radius 1 is 1.12 bits per heavy atom. The van der Waals surface area contributed by atoms with E-state index in [-0.39, 0.29) is 5.95 Å². The van der Waals surface area contributed by atoms with E-state index in [4.69, 9.17) is 5.73 Å². The summed E-state index contributed by atoms with van der Waals surface area (Å²) in [5.74, 6) is 2.00. The van der Waals surface area contributed by atoms with Crippen molar-refractivity contribution < 1.29 is 0 Å². The number of hydrogen-bond acceptors (Lipinski definition) is 7. The minimum absolute atomic E-state index is 0.231. The van der Waals surface area contributed by atoms with Crippen LogP contribution in [0.15, 0.2) is 41.7 Å². The van der Waals surface area contributed by atoms with Gasteiger partial charge in [0.05, 0.1) is 17.6 Å². The van der Waals surface area contributed by atoms with Gasteiger partial charge < -0.3 is 15.2 Å². The third-order valence-corrected chi connectivity index (χ3v) is 4.47. The molecule has 2 heterocycles. The molecule has 0 amide bonds. The van der Waals surface area contributed by atoms with Crippen molar-refractivity contribution in [1.82, 2.24) is 24.5 Å². The fourth-order valence-electron chi connectivity index (χ4n) is 2.22. The van der Waals surface area contributed by atoms with Crippen molar-refractivity contribution in [2.45, 2.75) is 10.9 Å². The molecule has 0 aliphatic rings. The number of imidazole rings is 1. The van der Waals surface area contributed by atoms with Crippen LogP contribution in [0.4, 0.5) is 11.9 Å². The van der Waals surface area contributed by atoms with Crippen LogP contribution in [-0.4, -0.2) is 38.6 Å². The zero-order chi connectivity index (χ0) is 17.1. The van der Waals surface area contributed by atoms with E-state index in [2.05, 4.69) is 36.6 Å². The van der Waals surface area contributed by atoms with Gasteiger partial charge in [0.2, 0.25) is 11.9 Å². The summed E-state index contributed by atoms with van der Waals surface area (Å²) < 4.78 is 2.07. The second-order valence-electron chi connectivity index (χ2n) is 5.44. The van der Waals surface area contributed by atoms with Gasteiger partial charge in [0.1, 0.15) is 5.82 Å². The molecule has 3 aromatic rings. The molecule has 0 saturated carbocycles. The first-order valence-corrected chi connectivity index (χ1v) is 8.41. The van der Waals surface area contributed by atoms with Crippen LogP contribution in [0.3, 0.4) is 0 Å². The van der Waals surface area contributed by atoms with Crippen molar-refractivity contribution in [3.63, 3.8) is 0 Å². The molecular weight excluding hydrogens is 322 g/mol. The van der Waals surface area contributed by atoms with Crippen LogP contribution in [0.25, 0.3) is 11.3 Å². The molecule has 0 aliphatic heterocycles. The zero-order valence-corrected chi connectivity index (χ0v) is 14.7. The van der Waals surface area contributed by atoms with Crippen LogP contribution in [0.1, 0.15) is 5.82 Å². The summed E-state index contributed by atoms with van der Waals surface area (Å²) in [4.78, 5) is 19.0. The van der Waals surface area contributed by atoms with Crippen LogP contribution in [0.5, 0.6) is 0 Å². The lowest BCUT2D eigenvalue weighted by Crippen LogP contribution is -2.16. The van der Waals surface area contributed by atoms with Gasteiger partial charge in [0, 0.05) is 21.1 Å². The van der Waals surface area contributed by atoms with Crippen LogP contribution < -0.4 is 10.6 Å². The highest BCUT2D eigenvalue weighted by atomic mass is 32.2. The van der Waals surface area contributed by atoms with Crippen LogP contribution in [0, 0.1) is 0 Å². The third kappa shape index (κ3) is 3.48. The molecule has 7 nitrogen and oxygen atoms in total. The molecule has 3 rings (SSSR count). The Hall–Kier alpha value is -2.61. The van der Waals surface area contributed by atoms with Gasteiger partial charge in [0.15, 0.2) is 5.16 Å². The summed E-state index contributed by atoms with van der Waals surface area (Å²) in [5.41, 5.74) is 7.97. The van der Waals surface area contributed by atoms with Crippen molar-refractivity contribution in [2.24, 2.45) is 7.05 Å². The predicted octanol–water partition coefficient (Wildman–Crippen LogP) is 2.21. The SMILES string of the molecule is CN(C)c1nc(N)nc(CSc2ncc(-c3ccccc3)n2C)n1. The molecule has 0 aliphatic carbocycles. The number of thioether (sulfide) groups is 1. The van der Waals surface area contributed by atoms with Gasteiger partial charge in [0.25, 0.3) is 0 Å². The van der Waals surface area contributed by atoms with E-state index >= 15 is 0 Å². The maximum absolute atomic E-state index is 5.76. The lowest BCUT2D eigenvalue weighted by atomic mass is 10.2. The first-order chi connectivity index (χ1) is 11.5. The van der Waals surface area contributed by atoms with Crippen molar-refractivity contribution in [2.75, 3.05) is 24.7 Å². The molecule has 0 spiro atoms. The number of hydrogen-bond donors (Lipinski definition) is 1. The number of nitrogens with two attached hydrogens (primary N) is 1. The molecule has 0 bridgehead atoms. The minimum atomic E-state index is 0.231. The van der Waals surface area contributed by atoms with Crippen LogP contribution in [0.2, 0.25) is 0 Å². The van der Waals surface area contributed by atoms with Crippen molar-refractivity contribution >= 4 is 23.7 Å². The van der Waals surface area contributed by atoms with Crippen LogP contribution in [-0.2, 0) is 12.8 Å². The smallest absolute Gasteiger partial charge is 0.229 e. The predicted molar refractivity (Wildman–Crippen MR) is 96.8 cm³/mol. The number of anilines is 2. The standard InChI is InChI=1S/C16H19N7S/c1-22(2)15-20-13(19-14(17)21-15)10-24-16-18-9-12(23(16)3)11-7-5-4-6-8-11/h4-9H,10H2,1-3H3,(H2,17,19,20,21). The zero-order valence-electron chi connectivity index (χ0n) is 13.8. The Labute approximate surface area is 145 Å². The highest BCUT2D eigenvalue weighted by Crippen LogP contribution is 2.26. The lowest BCUT2D eigenvalue weighted by molar-refractivity contribution is 0.795. The van der Waals surface area contributed by atoms with E-state index in [0.717, 1.165) is 16.4 Å². The number of aromatic nitrogens is 5. The molecule has 124 valence electrons. The van der Waals surface area contributed by atoms with Gasteiger partial charge in [-0.15, -0.1) is 0 Å². The minimum Gasteiger partial charge on any atom is -0.368 e. The highest BCUT2D eigenvalue weighted by Gasteiger charge is 2.11. The summed E-state index contributed by atoms with van der Waals surface area (Å²) in [6, 6.07) is 10.2. The summed E-state index contributed by atoms with van der Waals surface area (Å²) in [7, 11) is 5.75. The highest BCUT2D eigenvalue weighted by molar-refractivity contribution is 7.98. The quantitative estimate of drug-likeness (QED) is 0.712. The average Bonchev–Trinajstić information content (AvgIpc) is 2.94. The fraction of sp³-hybridized carbons (Fsp3) is 0.250. The van der Waals surface area contributed by atoms with Crippen molar-refractivity contribution in [1.29, 1.82) is 0 Å². The maximum atomic E-state index is 5.76. The van der Waals surface area contributed by atoms with E-state index in [1.807, 2.05) is 45.5 Å². The van der Waals surface area contributed by atoms with E-state index in [0.29, 0.717) is 17.5 Å². The first kappa shape index (κ1) is 16.3. The average molecular weight is 341 g/mol. The molecule has 0 radical (unpaired) electrons. The molecule has 0 unspecified atom stereocenters. The van der Waals surface area contributed by atoms with Gasteiger partial charge in [-0.2, -0.15) is 15.0 Å². The first-order valence-electron chi connectivity index (χ1n) is 7.42. The second-order valence-corrected chi connectivity index (χ2v) is 6.39. The third-order valence-electron chi connectivity index (χ3n) is 3.43. The normalized spacial score (nSPS) is 10.8. The van der Waals surface area contributed by atoms with Gasteiger partial charge in [-0.1, -0.05) is 42.1 Å². The monoisotopic (exact) mass is 341 g/mol. The van der Waals surface area contributed by atoms with Gasteiger partial charge in [-0.3, -0.25) is 0 Å². The number of rotatable bonds is 5. The van der Waals surface area contributed by atoms with E-state index in [1.54, 1.807) is 16.7 Å². The largest absolute Gasteiger partial charge is 0.368 e. The molecule has 0 fully saturated rings. The number of benzene rings is 1. The Bertz CT molecular complexity index is 830. The summed E-state index contributed by atoms with van der Waals surface area (Å²) in [5, 5.41) is 0.902. The molecule has 2 N–H and O–H groups in total. The molecule has 24 heavy (non-hydrogen) atoms. The van der Waals surface area contributed by atoms with Crippen LogP contribution >= 0.6 is 11.8 Å². The van der Waals surface area contributed by atoms with Crippen molar-refractivity contribution in [3.05, 3.63) is 42.4 Å².